The number of carbonyl (C=O) groups excluding carboxylic acids is 1. The van der Waals surface area contributed by atoms with Crippen molar-refractivity contribution >= 4 is 28.1 Å². The molecule has 2 N–H and O–H groups in total. The highest BCUT2D eigenvalue weighted by Gasteiger charge is 2.10. The van der Waals surface area contributed by atoms with Crippen LogP contribution in [0.3, 0.4) is 0 Å². The molecular weight excluding hydrogens is 436 g/mol. The quantitative estimate of drug-likeness (QED) is 0.436. The van der Waals surface area contributed by atoms with Crippen LogP contribution >= 0.6 is 15.9 Å². The Labute approximate surface area is 177 Å². The zero-order valence-electron chi connectivity index (χ0n) is 16.3. The summed E-state index contributed by atoms with van der Waals surface area (Å²) in [5.41, 5.74) is 6.35. The highest BCUT2D eigenvalue weighted by molar-refractivity contribution is 9.10. The second kappa shape index (κ2) is 8.91. The average molecular weight is 457 g/mol. The van der Waals surface area contributed by atoms with Gasteiger partial charge in [0.2, 0.25) is 0 Å². The standard InChI is InChI=1S/C21H21BrN4O3/c1-13-7-14(2)26(25-13)12-15-5-4-6-16(8-15)21(28)24-23-11-17-9-18(22)10-19(29-3)20(17)27/h4-11,27H,12H2,1-3H3,(H,24,28)/b23-11-. The van der Waals surface area contributed by atoms with Crippen molar-refractivity contribution in [2.75, 3.05) is 7.11 Å². The van der Waals surface area contributed by atoms with Crippen molar-refractivity contribution in [1.29, 1.82) is 0 Å². The Morgan fingerprint density at radius 3 is 2.79 bits per heavy atom. The molecule has 1 amide bonds. The highest BCUT2D eigenvalue weighted by Crippen LogP contribution is 2.32. The molecule has 0 atom stereocenters. The van der Waals surface area contributed by atoms with E-state index in [4.69, 9.17) is 4.74 Å². The minimum atomic E-state index is -0.349. The number of nitrogens with zero attached hydrogens (tertiary/aromatic N) is 3. The molecule has 8 heteroatoms. The van der Waals surface area contributed by atoms with Crippen LogP contribution in [0.5, 0.6) is 11.5 Å². The number of phenolic OH excluding ortho intramolecular Hbond substituents is 1. The topological polar surface area (TPSA) is 88.7 Å². The van der Waals surface area contributed by atoms with Gasteiger partial charge in [0.25, 0.3) is 5.91 Å². The molecule has 7 nitrogen and oxygen atoms in total. The number of hydrogen-bond acceptors (Lipinski definition) is 5. The average Bonchev–Trinajstić information content (AvgIpc) is 3.01. The summed E-state index contributed by atoms with van der Waals surface area (Å²) < 4.78 is 7.71. The van der Waals surface area contributed by atoms with E-state index in [2.05, 4.69) is 31.6 Å². The second-order valence-electron chi connectivity index (χ2n) is 6.53. The van der Waals surface area contributed by atoms with Crippen molar-refractivity contribution in [2.24, 2.45) is 5.10 Å². The number of aryl methyl sites for hydroxylation is 2. The third-order valence-electron chi connectivity index (χ3n) is 4.28. The number of phenols is 1. The lowest BCUT2D eigenvalue weighted by molar-refractivity contribution is 0.0955. The fraction of sp³-hybridized carbons (Fsp3) is 0.190. The van der Waals surface area contributed by atoms with Gasteiger partial charge in [0.05, 0.1) is 25.6 Å². The molecule has 29 heavy (non-hydrogen) atoms. The smallest absolute Gasteiger partial charge is 0.271 e. The van der Waals surface area contributed by atoms with Crippen LogP contribution in [0.25, 0.3) is 0 Å². The van der Waals surface area contributed by atoms with Crippen molar-refractivity contribution < 1.29 is 14.6 Å². The summed E-state index contributed by atoms with van der Waals surface area (Å²) in [4.78, 5) is 12.4. The summed E-state index contributed by atoms with van der Waals surface area (Å²) in [6, 6.07) is 12.6. The lowest BCUT2D eigenvalue weighted by Gasteiger charge is -2.07. The molecule has 150 valence electrons. The van der Waals surface area contributed by atoms with Gasteiger partial charge in [0.1, 0.15) is 0 Å². The summed E-state index contributed by atoms with van der Waals surface area (Å²) in [7, 11) is 1.46. The van der Waals surface area contributed by atoms with Crippen molar-refractivity contribution in [3.63, 3.8) is 0 Å². The van der Waals surface area contributed by atoms with E-state index in [1.165, 1.54) is 13.3 Å². The predicted molar refractivity (Wildman–Crippen MR) is 115 cm³/mol. The molecule has 1 heterocycles. The molecule has 0 spiro atoms. The number of hydrogen-bond donors (Lipinski definition) is 2. The number of benzene rings is 2. The van der Waals surface area contributed by atoms with Crippen molar-refractivity contribution in [3.8, 4) is 11.5 Å². The van der Waals surface area contributed by atoms with Gasteiger partial charge in [-0.1, -0.05) is 28.1 Å². The first-order valence-electron chi connectivity index (χ1n) is 8.87. The van der Waals surface area contributed by atoms with Crippen LogP contribution in [0.4, 0.5) is 0 Å². The Morgan fingerprint density at radius 1 is 1.31 bits per heavy atom. The van der Waals surface area contributed by atoms with Gasteiger partial charge in [-0.15, -0.1) is 0 Å². The zero-order chi connectivity index (χ0) is 21.0. The van der Waals surface area contributed by atoms with E-state index in [0.717, 1.165) is 21.4 Å². The van der Waals surface area contributed by atoms with Crippen LogP contribution in [0.15, 0.2) is 52.0 Å². The number of nitrogens with one attached hydrogen (secondary N) is 1. The van der Waals surface area contributed by atoms with E-state index in [0.29, 0.717) is 23.4 Å². The first-order valence-corrected chi connectivity index (χ1v) is 9.66. The van der Waals surface area contributed by atoms with Crippen LogP contribution in [0.1, 0.15) is 32.9 Å². The zero-order valence-corrected chi connectivity index (χ0v) is 17.9. The number of methoxy groups -OCH3 is 1. The molecule has 0 bridgehead atoms. The molecule has 0 radical (unpaired) electrons. The molecule has 0 aliphatic heterocycles. The van der Waals surface area contributed by atoms with E-state index in [9.17, 15) is 9.90 Å². The van der Waals surface area contributed by atoms with E-state index in [1.807, 2.05) is 36.7 Å². The predicted octanol–water partition coefficient (Wildman–Crippen LogP) is 3.79. The minimum Gasteiger partial charge on any atom is -0.504 e. The van der Waals surface area contributed by atoms with Crippen LogP contribution in [0, 0.1) is 13.8 Å². The molecule has 1 aromatic heterocycles. The molecule has 0 aliphatic rings. The molecule has 3 aromatic rings. The normalized spacial score (nSPS) is 11.0. The number of carbonyl (C=O) groups is 1. The van der Waals surface area contributed by atoms with E-state index >= 15 is 0 Å². The fourth-order valence-corrected chi connectivity index (χ4v) is 3.35. The largest absolute Gasteiger partial charge is 0.504 e. The lowest BCUT2D eigenvalue weighted by atomic mass is 10.1. The van der Waals surface area contributed by atoms with Gasteiger partial charge in [-0.25, -0.2) is 5.43 Å². The van der Waals surface area contributed by atoms with Gasteiger partial charge >= 0.3 is 0 Å². The number of aromatic hydroxyl groups is 1. The fourth-order valence-electron chi connectivity index (χ4n) is 2.89. The Bertz CT molecular complexity index is 1080. The maximum atomic E-state index is 12.4. The van der Waals surface area contributed by atoms with Crippen LogP contribution in [-0.4, -0.2) is 34.1 Å². The van der Waals surface area contributed by atoms with Gasteiger partial charge in [-0.2, -0.15) is 10.2 Å². The Balaban J connectivity index is 1.71. The van der Waals surface area contributed by atoms with Gasteiger partial charge in [0, 0.05) is 21.3 Å². The van der Waals surface area contributed by atoms with E-state index in [-0.39, 0.29) is 11.7 Å². The SMILES string of the molecule is COc1cc(Br)cc(/C=N\NC(=O)c2cccc(Cn3nc(C)cc3C)c2)c1O. The first kappa shape index (κ1) is 20.6. The van der Waals surface area contributed by atoms with Gasteiger partial charge in [0.15, 0.2) is 11.5 Å². The first-order chi connectivity index (χ1) is 13.9. The lowest BCUT2D eigenvalue weighted by Crippen LogP contribution is -2.18. The van der Waals surface area contributed by atoms with Crippen LogP contribution in [0.2, 0.25) is 0 Å². The molecule has 0 saturated heterocycles. The molecule has 2 aromatic carbocycles. The Kier molecular flexibility index (Phi) is 6.33. The number of rotatable bonds is 6. The molecule has 0 saturated carbocycles. The summed E-state index contributed by atoms with van der Waals surface area (Å²) in [5, 5.41) is 18.5. The van der Waals surface area contributed by atoms with Crippen molar-refractivity contribution in [1.82, 2.24) is 15.2 Å². The van der Waals surface area contributed by atoms with Crippen LogP contribution in [-0.2, 0) is 6.54 Å². The third kappa shape index (κ3) is 5.03. The van der Waals surface area contributed by atoms with Crippen LogP contribution < -0.4 is 10.2 Å². The Hall–Kier alpha value is -3.13. The number of ether oxygens (including phenoxy) is 1. The number of aromatic nitrogens is 2. The number of amides is 1. The maximum Gasteiger partial charge on any atom is 0.271 e. The molecular formula is C21H21BrN4O3. The molecule has 0 unspecified atom stereocenters. The van der Waals surface area contributed by atoms with Crippen molar-refractivity contribution in [2.45, 2.75) is 20.4 Å². The maximum absolute atomic E-state index is 12.4. The second-order valence-corrected chi connectivity index (χ2v) is 7.45. The van der Waals surface area contributed by atoms with E-state index in [1.54, 1.807) is 24.3 Å². The third-order valence-corrected chi connectivity index (χ3v) is 4.74. The minimum absolute atomic E-state index is 0.0550. The summed E-state index contributed by atoms with van der Waals surface area (Å²) >= 11 is 3.34. The van der Waals surface area contributed by atoms with E-state index < -0.39 is 0 Å². The molecule has 0 fully saturated rings. The van der Waals surface area contributed by atoms with Gasteiger partial charge in [-0.3, -0.25) is 9.48 Å². The summed E-state index contributed by atoms with van der Waals surface area (Å²) in [5.74, 6) is -0.0949. The monoisotopic (exact) mass is 456 g/mol. The Morgan fingerprint density at radius 2 is 2.10 bits per heavy atom. The molecule has 0 aliphatic carbocycles. The summed E-state index contributed by atoms with van der Waals surface area (Å²) in [6.45, 7) is 4.53. The molecule has 3 rings (SSSR count). The number of hydrazone groups is 1. The van der Waals surface area contributed by atoms with Crippen molar-refractivity contribution in [3.05, 3.63) is 75.0 Å². The van der Waals surface area contributed by atoms with Gasteiger partial charge in [-0.05, 0) is 49.7 Å². The van der Waals surface area contributed by atoms with Gasteiger partial charge < -0.3 is 9.84 Å². The summed E-state index contributed by atoms with van der Waals surface area (Å²) in [6.07, 6.45) is 1.36. The highest BCUT2D eigenvalue weighted by atomic mass is 79.9. The number of halogens is 1.